The van der Waals surface area contributed by atoms with Crippen LogP contribution in [0.5, 0.6) is 0 Å². The molecule has 5 nitrogen and oxygen atoms in total. The van der Waals surface area contributed by atoms with Crippen LogP contribution in [0, 0.1) is 6.92 Å². The topological polar surface area (TPSA) is 66.8 Å². The van der Waals surface area contributed by atoms with Gasteiger partial charge in [-0.3, -0.25) is 0 Å². The average Bonchev–Trinajstić information content (AvgIpc) is 2.43. The van der Waals surface area contributed by atoms with Crippen molar-refractivity contribution in [3.63, 3.8) is 0 Å². The summed E-state index contributed by atoms with van der Waals surface area (Å²) in [6.07, 6.45) is 1.54. The predicted molar refractivity (Wildman–Crippen MR) is 77.9 cm³/mol. The SMILES string of the molecule is C=CCN(CCOC)S(=O)(=O)c1cccc(CO)c1C. The Hall–Kier alpha value is -1.21. The van der Waals surface area contributed by atoms with Crippen LogP contribution in [0.1, 0.15) is 11.1 Å². The number of nitrogens with zero attached hydrogens (tertiary/aromatic N) is 1. The van der Waals surface area contributed by atoms with Gasteiger partial charge < -0.3 is 9.84 Å². The maximum absolute atomic E-state index is 12.7. The zero-order valence-corrected chi connectivity index (χ0v) is 12.7. The molecule has 0 aliphatic rings. The van der Waals surface area contributed by atoms with Crippen molar-refractivity contribution in [2.24, 2.45) is 0 Å². The zero-order chi connectivity index (χ0) is 15.2. The lowest BCUT2D eigenvalue weighted by atomic mass is 10.1. The van der Waals surface area contributed by atoms with Crippen LogP contribution in [0.3, 0.4) is 0 Å². The highest BCUT2D eigenvalue weighted by Gasteiger charge is 2.25. The Bertz CT molecular complexity index is 554. The Morgan fingerprint density at radius 3 is 2.70 bits per heavy atom. The number of sulfonamides is 1. The highest BCUT2D eigenvalue weighted by molar-refractivity contribution is 7.89. The number of ether oxygens (including phenoxy) is 1. The van der Waals surface area contributed by atoms with Crippen LogP contribution in [0.4, 0.5) is 0 Å². The van der Waals surface area contributed by atoms with Crippen molar-refractivity contribution in [2.45, 2.75) is 18.4 Å². The molecule has 6 heteroatoms. The van der Waals surface area contributed by atoms with Crippen LogP contribution in [0.2, 0.25) is 0 Å². The second kappa shape index (κ2) is 7.54. The Morgan fingerprint density at radius 2 is 2.15 bits per heavy atom. The second-order valence-corrected chi connectivity index (χ2v) is 6.25. The first-order valence-corrected chi connectivity index (χ1v) is 7.72. The molecule has 0 fully saturated rings. The number of rotatable bonds is 8. The molecule has 0 aliphatic heterocycles. The van der Waals surface area contributed by atoms with Crippen LogP contribution in [-0.2, 0) is 21.4 Å². The number of hydrogen-bond acceptors (Lipinski definition) is 4. The maximum atomic E-state index is 12.7. The van der Waals surface area contributed by atoms with Gasteiger partial charge in [0.25, 0.3) is 0 Å². The van der Waals surface area contributed by atoms with Crippen LogP contribution >= 0.6 is 0 Å². The van der Waals surface area contributed by atoms with Gasteiger partial charge in [0.1, 0.15) is 0 Å². The largest absolute Gasteiger partial charge is 0.392 e. The fraction of sp³-hybridized carbons (Fsp3) is 0.429. The normalized spacial score (nSPS) is 11.8. The quantitative estimate of drug-likeness (QED) is 0.735. The van der Waals surface area contributed by atoms with E-state index in [1.807, 2.05) is 0 Å². The molecule has 0 radical (unpaired) electrons. The molecule has 1 rings (SSSR count). The highest BCUT2D eigenvalue weighted by Crippen LogP contribution is 2.22. The van der Waals surface area contributed by atoms with E-state index in [-0.39, 0.29) is 24.6 Å². The van der Waals surface area contributed by atoms with E-state index in [0.717, 1.165) is 0 Å². The summed E-state index contributed by atoms with van der Waals surface area (Å²) in [4.78, 5) is 0.210. The van der Waals surface area contributed by atoms with Gasteiger partial charge in [0.05, 0.1) is 18.1 Å². The minimum absolute atomic E-state index is 0.186. The predicted octanol–water partition coefficient (Wildman–Crippen LogP) is 1.31. The van der Waals surface area contributed by atoms with Gasteiger partial charge in [-0.15, -0.1) is 6.58 Å². The number of hydrogen-bond donors (Lipinski definition) is 1. The van der Waals surface area contributed by atoms with E-state index in [1.54, 1.807) is 31.2 Å². The number of aliphatic hydroxyl groups excluding tert-OH is 1. The standard InChI is InChI=1S/C14H21NO4S/c1-4-8-15(9-10-19-3)20(17,18)14-7-5-6-13(11-16)12(14)2/h4-7,16H,1,8-11H2,2-3H3. The van der Waals surface area contributed by atoms with Crippen molar-refractivity contribution >= 4 is 10.0 Å². The Labute approximate surface area is 120 Å². The molecule has 112 valence electrons. The maximum Gasteiger partial charge on any atom is 0.243 e. The summed E-state index contributed by atoms with van der Waals surface area (Å²) in [7, 11) is -2.10. The van der Waals surface area contributed by atoms with Gasteiger partial charge in [-0.05, 0) is 24.1 Å². The van der Waals surface area contributed by atoms with E-state index >= 15 is 0 Å². The second-order valence-electron chi connectivity index (χ2n) is 4.34. The van der Waals surface area contributed by atoms with Gasteiger partial charge in [-0.1, -0.05) is 18.2 Å². The van der Waals surface area contributed by atoms with Crippen LogP contribution in [-0.4, -0.2) is 44.6 Å². The molecule has 0 bridgehead atoms. The minimum atomic E-state index is -3.63. The molecule has 1 aromatic carbocycles. The van der Waals surface area contributed by atoms with E-state index in [2.05, 4.69) is 6.58 Å². The van der Waals surface area contributed by atoms with E-state index in [9.17, 15) is 13.5 Å². The van der Waals surface area contributed by atoms with Crippen LogP contribution in [0.15, 0.2) is 35.7 Å². The lowest BCUT2D eigenvalue weighted by Gasteiger charge is -2.22. The van der Waals surface area contributed by atoms with E-state index in [0.29, 0.717) is 17.7 Å². The van der Waals surface area contributed by atoms with Gasteiger partial charge in [-0.25, -0.2) is 8.42 Å². The molecular formula is C14H21NO4S. The lowest BCUT2D eigenvalue weighted by Crippen LogP contribution is -2.34. The monoisotopic (exact) mass is 299 g/mol. The summed E-state index contributed by atoms with van der Waals surface area (Å²) in [6, 6.07) is 4.89. The molecule has 0 aromatic heterocycles. The first-order valence-electron chi connectivity index (χ1n) is 6.28. The number of methoxy groups -OCH3 is 1. The molecule has 0 unspecified atom stereocenters. The molecule has 20 heavy (non-hydrogen) atoms. The molecule has 0 saturated carbocycles. The van der Waals surface area contributed by atoms with Crippen molar-refractivity contribution in [1.29, 1.82) is 0 Å². The summed E-state index contributed by atoms with van der Waals surface area (Å²) in [5, 5.41) is 9.25. The van der Waals surface area contributed by atoms with E-state index in [1.165, 1.54) is 11.4 Å². The van der Waals surface area contributed by atoms with Crippen LogP contribution in [0.25, 0.3) is 0 Å². The van der Waals surface area contributed by atoms with Crippen molar-refractivity contribution in [3.05, 3.63) is 42.0 Å². The van der Waals surface area contributed by atoms with Crippen LogP contribution < -0.4 is 0 Å². The van der Waals surface area contributed by atoms with Crippen molar-refractivity contribution in [2.75, 3.05) is 26.8 Å². The van der Waals surface area contributed by atoms with Gasteiger partial charge in [0.2, 0.25) is 10.0 Å². The van der Waals surface area contributed by atoms with Gasteiger partial charge in [0, 0.05) is 20.2 Å². The molecule has 0 amide bonds. The van der Waals surface area contributed by atoms with Gasteiger partial charge in [-0.2, -0.15) is 4.31 Å². The first kappa shape index (κ1) is 16.8. The van der Waals surface area contributed by atoms with Gasteiger partial charge in [0.15, 0.2) is 0 Å². The third-order valence-corrected chi connectivity index (χ3v) is 5.07. The number of aliphatic hydroxyl groups is 1. The van der Waals surface area contributed by atoms with E-state index < -0.39 is 10.0 Å². The number of benzene rings is 1. The first-order chi connectivity index (χ1) is 9.48. The third-order valence-electron chi connectivity index (χ3n) is 3.06. The molecule has 0 saturated heterocycles. The Kier molecular flexibility index (Phi) is 6.35. The zero-order valence-electron chi connectivity index (χ0n) is 11.9. The average molecular weight is 299 g/mol. The Morgan fingerprint density at radius 1 is 1.45 bits per heavy atom. The molecular weight excluding hydrogens is 278 g/mol. The summed E-state index contributed by atoms with van der Waals surface area (Å²) >= 11 is 0. The summed E-state index contributed by atoms with van der Waals surface area (Å²) in [5.41, 5.74) is 1.18. The molecule has 1 N–H and O–H groups in total. The fourth-order valence-electron chi connectivity index (χ4n) is 1.90. The summed E-state index contributed by atoms with van der Waals surface area (Å²) in [6.45, 7) is 5.88. The smallest absolute Gasteiger partial charge is 0.243 e. The fourth-order valence-corrected chi connectivity index (χ4v) is 3.56. The molecule has 0 heterocycles. The molecule has 0 atom stereocenters. The Balaban J connectivity index is 3.22. The molecule has 0 aliphatic carbocycles. The van der Waals surface area contributed by atoms with Crippen molar-refractivity contribution in [1.82, 2.24) is 4.31 Å². The molecule has 1 aromatic rings. The lowest BCUT2D eigenvalue weighted by molar-refractivity contribution is 0.182. The summed E-state index contributed by atoms with van der Waals surface area (Å²) in [5.74, 6) is 0. The summed E-state index contributed by atoms with van der Waals surface area (Å²) < 4.78 is 31.6. The third kappa shape index (κ3) is 3.67. The van der Waals surface area contributed by atoms with Gasteiger partial charge >= 0.3 is 0 Å². The highest BCUT2D eigenvalue weighted by atomic mass is 32.2. The minimum Gasteiger partial charge on any atom is -0.392 e. The van der Waals surface area contributed by atoms with Crippen molar-refractivity contribution < 1.29 is 18.3 Å². The van der Waals surface area contributed by atoms with E-state index in [4.69, 9.17) is 4.74 Å². The molecule has 0 spiro atoms. The van der Waals surface area contributed by atoms with Crippen molar-refractivity contribution in [3.8, 4) is 0 Å².